The monoisotopic (exact) mass is 354 g/mol. The molecule has 124 valence electrons. The van der Waals surface area contributed by atoms with Crippen molar-refractivity contribution in [3.63, 3.8) is 0 Å². The molecule has 0 amide bonds. The van der Waals surface area contributed by atoms with E-state index in [1.54, 1.807) is 0 Å². The normalized spacial score (nSPS) is 30.7. The highest BCUT2D eigenvalue weighted by Crippen LogP contribution is 2.46. The van der Waals surface area contributed by atoms with Gasteiger partial charge in [0.05, 0.1) is 10.0 Å². The van der Waals surface area contributed by atoms with Crippen molar-refractivity contribution in [3.05, 3.63) is 33.8 Å². The van der Waals surface area contributed by atoms with Crippen molar-refractivity contribution in [2.75, 3.05) is 13.7 Å². The van der Waals surface area contributed by atoms with Crippen LogP contribution >= 0.6 is 23.2 Å². The maximum Gasteiger partial charge on any atom is 0.172 e. The minimum atomic E-state index is -0.0101. The minimum Gasteiger partial charge on any atom is -0.388 e. The van der Waals surface area contributed by atoms with Crippen LogP contribution in [0.25, 0.3) is 0 Å². The molecule has 2 heterocycles. The molecule has 0 radical (unpaired) electrons. The maximum atomic E-state index is 10.4. The summed E-state index contributed by atoms with van der Waals surface area (Å²) >= 11 is 12.3. The summed E-state index contributed by atoms with van der Waals surface area (Å²) in [7, 11) is 2.18. The second-order valence-electron chi connectivity index (χ2n) is 6.27. The second kappa shape index (κ2) is 7.20. The number of aldehydes is 1. The van der Waals surface area contributed by atoms with Gasteiger partial charge in [0, 0.05) is 24.2 Å². The molecule has 0 N–H and O–H groups in total. The van der Waals surface area contributed by atoms with E-state index in [2.05, 4.69) is 23.2 Å². The van der Waals surface area contributed by atoms with Crippen LogP contribution in [0.3, 0.4) is 0 Å². The summed E-state index contributed by atoms with van der Waals surface area (Å²) in [5.74, 6) is 0.574. The summed E-state index contributed by atoms with van der Waals surface area (Å²) in [6.45, 7) is -0.0101. The third-order valence-electron chi connectivity index (χ3n) is 5.15. The van der Waals surface area contributed by atoms with Crippen LogP contribution in [0, 0.1) is 5.92 Å². The lowest BCUT2D eigenvalue weighted by Crippen LogP contribution is -2.46. The first kappa shape index (κ1) is 16.7. The Hall–Kier alpha value is -1.10. The zero-order chi connectivity index (χ0) is 16.4. The van der Waals surface area contributed by atoms with Crippen molar-refractivity contribution in [3.8, 4) is 0 Å². The van der Waals surface area contributed by atoms with E-state index in [0.717, 1.165) is 12.8 Å². The average molecular weight is 355 g/mol. The van der Waals surface area contributed by atoms with E-state index in [4.69, 9.17) is 28.0 Å². The zero-order valence-electron chi connectivity index (χ0n) is 13.0. The van der Waals surface area contributed by atoms with Gasteiger partial charge in [-0.2, -0.15) is 0 Å². The first-order valence-electron chi connectivity index (χ1n) is 7.87. The van der Waals surface area contributed by atoms with Crippen LogP contribution in [-0.4, -0.2) is 43.1 Å². The van der Waals surface area contributed by atoms with Crippen LogP contribution in [-0.2, 0) is 9.63 Å². The Bertz CT molecular complexity index is 608. The third-order valence-corrected chi connectivity index (χ3v) is 5.89. The highest BCUT2D eigenvalue weighted by atomic mass is 35.5. The Morgan fingerprint density at radius 2 is 2.17 bits per heavy atom. The van der Waals surface area contributed by atoms with Crippen LogP contribution in [0.15, 0.2) is 23.4 Å². The Labute approximate surface area is 146 Å². The van der Waals surface area contributed by atoms with Gasteiger partial charge < -0.3 is 4.84 Å². The van der Waals surface area contributed by atoms with Gasteiger partial charge in [0.2, 0.25) is 0 Å². The number of hydrogen-bond donors (Lipinski definition) is 0. The molecule has 23 heavy (non-hydrogen) atoms. The minimum absolute atomic E-state index is 0.0101. The van der Waals surface area contributed by atoms with Gasteiger partial charge in [-0.05, 0) is 49.9 Å². The Morgan fingerprint density at radius 3 is 2.91 bits per heavy atom. The van der Waals surface area contributed by atoms with Gasteiger partial charge in [-0.25, -0.2) is 0 Å². The van der Waals surface area contributed by atoms with E-state index >= 15 is 0 Å². The number of halogens is 2. The second-order valence-corrected chi connectivity index (χ2v) is 7.09. The fourth-order valence-corrected chi connectivity index (χ4v) is 4.31. The van der Waals surface area contributed by atoms with Gasteiger partial charge in [-0.15, -0.1) is 0 Å². The van der Waals surface area contributed by atoms with E-state index in [1.807, 2.05) is 18.3 Å². The van der Waals surface area contributed by atoms with Gasteiger partial charge in [0.25, 0.3) is 0 Å². The molecule has 1 unspecified atom stereocenters. The number of hydrogen-bond acceptors (Lipinski definition) is 4. The summed E-state index contributed by atoms with van der Waals surface area (Å²) in [5.41, 5.74) is 1.19. The lowest BCUT2D eigenvalue weighted by atomic mass is 9.77. The van der Waals surface area contributed by atoms with Crippen molar-refractivity contribution >= 4 is 35.7 Å². The predicted octanol–water partition coefficient (Wildman–Crippen LogP) is 3.76. The van der Waals surface area contributed by atoms with Crippen LogP contribution < -0.4 is 0 Å². The molecule has 0 spiro atoms. The molecule has 2 saturated heterocycles. The topological polar surface area (TPSA) is 41.9 Å². The number of nitrogens with zero attached hydrogens (tertiary/aromatic N) is 2. The summed E-state index contributed by atoms with van der Waals surface area (Å²) < 4.78 is 0. The largest absolute Gasteiger partial charge is 0.388 e. The molecule has 0 saturated carbocycles. The number of carbonyl (C=O) groups excluding carboxylic acids is 1. The number of oxime groups is 1. The smallest absolute Gasteiger partial charge is 0.172 e. The van der Waals surface area contributed by atoms with Crippen LogP contribution in [0.1, 0.15) is 30.7 Å². The van der Waals surface area contributed by atoms with Crippen molar-refractivity contribution in [2.45, 2.75) is 37.3 Å². The fourth-order valence-electron chi connectivity index (χ4n) is 4.00. The van der Waals surface area contributed by atoms with Crippen LogP contribution in [0.4, 0.5) is 0 Å². The maximum absolute atomic E-state index is 10.4. The Morgan fingerprint density at radius 1 is 1.35 bits per heavy atom. The molecule has 6 heteroatoms. The highest BCUT2D eigenvalue weighted by molar-refractivity contribution is 6.42. The van der Waals surface area contributed by atoms with E-state index in [-0.39, 0.29) is 12.5 Å². The van der Waals surface area contributed by atoms with Crippen molar-refractivity contribution in [1.29, 1.82) is 0 Å². The van der Waals surface area contributed by atoms with Crippen molar-refractivity contribution < 1.29 is 9.63 Å². The molecule has 2 bridgehead atoms. The molecule has 4 atom stereocenters. The molecule has 2 aliphatic rings. The van der Waals surface area contributed by atoms with Crippen molar-refractivity contribution in [1.82, 2.24) is 4.90 Å². The number of piperidine rings is 1. The standard InChI is InChI=1S/C17H20Cl2N2O2/c1-21-12-3-5-17(21)14(10-20-23-7-6-22)13(9-12)11-2-4-15(18)16(19)8-11/h2,4,6,8,10,12-14,17H,3,5,7,9H2,1H3/b20-10+/t12?,13-,14-,17-/m1/s1. The summed E-state index contributed by atoms with van der Waals surface area (Å²) in [6, 6.07) is 6.91. The molecule has 2 aliphatic heterocycles. The highest BCUT2D eigenvalue weighted by Gasteiger charge is 2.45. The number of benzene rings is 1. The fraction of sp³-hybridized carbons (Fsp3) is 0.529. The summed E-state index contributed by atoms with van der Waals surface area (Å²) in [5, 5.41) is 5.17. The van der Waals surface area contributed by atoms with Crippen LogP contribution in [0.2, 0.25) is 10.0 Å². The van der Waals surface area contributed by atoms with Gasteiger partial charge in [0.1, 0.15) is 0 Å². The molecule has 0 aliphatic carbocycles. The Balaban J connectivity index is 1.87. The molecule has 4 nitrogen and oxygen atoms in total. The third kappa shape index (κ3) is 3.39. The SMILES string of the molecule is CN1C2CC[C@@H]1[C@H](/C=N/OCC=O)[C@@H](c1ccc(Cl)c(Cl)c1)C2. The zero-order valence-corrected chi connectivity index (χ0v) is 14.5. The molecule has 0 aromatic heterocycles. The molecule has 2 fully saturated rings. The predicted molar refractivity (Wildman–Crippen MR) is 92.4 cm³/mol. The average Bonchev–Trinajstić information content (AvgIpc) is 2.79. The quantitative estimate of drug-likeness (QED) is 0.350. The van der Waals surface area contributed by atoms with E-state index < -0.39 is 0 Å². The molecule has 1 aromatic rings. The number of rotatable bonds is 5. The summed E-state index contributed by atoms with van der Waals surface area (Å²) in [6.07, 6.45) is 5.99. The molecular formula is C17H20Cl2N2O2. The van der Waals surface area contributed by atoms with Gasteiger partial charge in [-0.1, -0.05) is 34.4 Å². The summed E-state index contributed by atoms with van der Waals surface area (Å²) in [4.78, 5) is 17.8. The first-order chi connectivity index (χ1) is 11.1. The Kier molecular flexibility index (Phi) is 5.24. The first-order valence-corrected chi connectivity index (χ1v) is 8.63. The van der Waals surface area contributed by atoms with Crippen LogP contribution in [0.5, 0.6) is 0 Å². The van der Waals surface area contributed by atoms with Gasteiger partial charge in [0.15, 0.2) is 12.9 Å². The molecule has 1 aromatic carbocycles. The lowest BCUT2D eigenvalue weighted by molar-refractivity contribution is -0.111. The van der Waals surface area contributed by atoms with E-state index in [9.17, 15) is 4.79 Å². The number of fused-ring (bicyclic) bond motifs is 2. The molecule has 3 rings (SSSR count). The van der Waals surface area contributed by atoms with Gasteiger partial charge in [-0.3, -0.25) is 9.69 Å². The van der Waals surface area contributed by atoms with Crippen molar-refractivity contribution in [2.24, 2.45) is 11.1 Å². The van der Waals surface area contributed by atoms with E-state index in [0.29, 0.717) is 34.3 Å². The lowest BCUT2D eigenvalue weighted by Gasteiger charge is -2.41. The van der Waals surface area contributed by atoms with Gasteiger partial charge >= 0.3 is 0 Å². The van der Waals surface area contributed by atoms with E-state index in [1.165, 1.54) is 12.0 Å². The number of carbonyl (C=O) groups is 1. The molecular weight excluding hydrogens is 335 g/mol.